The van der Waals surface area contributed by atoms with Gasteiger partial charge in [-0.05, 0) is 62.8 Å². The summed E-state index contributed by atoms with van der Waals surface area (Å²) in [5, 5.41) is 0. The molecule has 1 unspecified atom stereocenters. The van der Waals surface area contributed by atoms with Crippen LogP contribution >= 0.6 is 0 Å². The van der Waals surface area contributed by atoms with Gasteiger partial charge in [0.1, 0.15) is 5.75 Å². The van der Waals surface area contributed by atoms with E-state index >= 15 is 0 Å². The summed E-state index contributed by atoms with van der Waals surface area (Å²) >= 11 is 0. The Morgan fingerprint density at radius 1 is 1.25 bits per heavy atom. The number of nitrogens with zero attached hydrogens (tertiary/aromatic N) is 1. The number of hydrogen-bond donors (Lipinski definition) is 0. The first kappa shape index (κ1) is 13.6. The fourth-order valence-corrected chi connectivity index (χ4v) is 2.78. The molecule has 0 N–H and O–H groups in total. The van der Waals surface area contributed by atoms with Crippen LogP contribution in [0.1, 0.15) is 43.0 Å². The van der Waals surface area contributed by atoms with Gasteiger partial charge in [0.25, 0.3) is 0 Å². The largest absolute Gasteiger partial charge is 0.497 e. The predicted octanol–water partition coefficient (Wildman–Crippen LogP) is 3.14. The summed E-state index contributed by atoms with van der Waals surface area (Å²) in [4.78, 5) is 15.1. The molecule has 3 heteroatoms. The fourth-order valence-electron chi connectivity index (χ4n) is 2.78. The molecule has 108 valence electrons. The van der Waals surface area contributed by atoms with Crippen molar-refractivity contribution in [2.45, 2.75) is 44.7 Å². The summed E-state index contributed by atoms with van der Waals surface area (Å²) in [6.07, 6.45) is 5.19. The lowest BCUT2D eigenvalue weighted by atomic mass is 10.0. The van der Waals surface area contributed by atoms with E-state index in [2.05, 4.69) is 11.8 Å². The van der Waals surface area contributed by atoms with Crippen LogP contribution in [0.25, 0.3) is 0 Å². The van der Waals surface area contributed by atoms with Gasteiger partial charge in [0.15, 0.2) is 5.78 Å². The van der Waals surface area contributed by atoms with E-state index in [9.17, 15) is 4.79 Å². The normalized spacial score (nSPS) is 19.9. The van der Waals surface area contributed by atoms with Crippen molar-refractivity contribution in [3.05, 3.63) is 29.8 Å². The summed E-state index contributed by atoms with van der Waals surface area (Å²) in [5.74, 6) is 1.87. The van der Waals surface area contributed by atoms with Crippen molar-refractivity contribution in [2.75, 3.05) is 13.7 Å². The van der Waals surface area contributed by atoms with E-state index in [-0.39, 0.29) is 11.8 Å². The van der Waals surface area contributed by atoms with Crippen LogP contribution in [0.3, 0.4) is 0 Å². The first-order valence-corrected chi connectivity index (χ1v) is 7.63. The van der Waals surface area contributed by atoms with Gasteiger partial charge in [-0.1, -0.05) is 0 Å². The van der Waals surface area contributed by atoms with Gasteiger partial charge in [0.2, 0.25) is 0 Å². The van der Waals surface area contributed by atoms with Crippen molar-refractivity contribution in [3.63, 3.8) is 0 Å². The highest BCUT2D eigenvalue weighted by Gasteiger charge is 2.38. The average Bonchev–Trinajstić information content (AvgIpc) is 3.36. The van der Waals surface area contributed by atoms with Crippen LogP contribution in [0.15, 0.2) is 24.3 Å². The lowest BCUT2D eigenvalue weighted by molar-refractivity contribution is 0.0819. The maximum Gasteiger partial charge on any atom is 0.179 e. The third kappa shape index (κ3) is 3.04. The standard InChI is InChI=1S/C17H23NO2/c1-12(18(15-7-8-15)11-13-3-4-13)17(19)14-5-9-16(20-2)10-6-14/h5-6,9-10,12-13,15H,3-4,7-8,11H2,1-2H3. The number of Topliss-reactive ketones (excluding diaryl/α,β-unsaturated/α-hetero) is 1. The Hall–Kier alpha value is -1.35. The second-order valence-corrected chi connectivity index (χ2v) is 6.14. The van der Waals surface area contributed by atoms with Crippen LogP contribution in [0.4, 0.5) is 0 Å². The summed E-state index contributed by atoms with van der Waals surface area (Å²) in [6, 6.07) is 8.12. The minimum absolute atomic E-state index is 0.00325. The Labute approximate surface area is 120 Å². The first-order chi connectivity index (χ1) is 9.69. The first-order valence-electron chi connectivity index (χ1n) is 7.63. The van der Waals surface area contributed by atoms with E-state index in [0.29, 0.717) is 6.04 Å². The smallest absolute Gasteiger partial charge is 0.179 e. The van der Waals surface area contributed by atoms with Gasteiger partial charge < -0.3 is 4.74 Å². The molecule has 3 nitrogen and oxygen atoms in total. The van der Waals surface area contributed by atoms with E-state index in [1.807, 2.05) is 24.3 Å². The molecule has 2 aliphatic rings. The number of ketones is 1. The van der Waals surface area contributed by atoms with Gasteiger partial charge in [-0.25, -0.2) is 0 Å². The minimum Gasteiger partial charge on any atom is -0.497 e. The van der Waals surface area contributed by atoms with Gasteiger partial charge in [-0.3, -0.25) is 9.69 Å². The highest BCUT2D eigenvalue weighted by atomic mass is 16.5. The second-order valence-electron chi connectivity index (χ2n) is 6.14. The Balaban J connectivity index is 1.69. The SMILES string of the molecule is COc1ccc(C(=O)C(C)N(CC2CC2)C2CC2)cc1. The number of benzene rings is 1. The quantitative estimate of drug-likeness (QED) is 0.715. The van der Waals surface area contributed by atoms with Crippen LogP contribution in [0.2, 0.25) is 0 Å². The van der Waals surface area contributed by atoms with Crippen molar-refractivity contribution < 1.29 is 9.53 Å². The Bertz CT molecular complexity index is 474. The molecule has 0 bridgehead atoms. The van der Waals surface area contributed by atoms with Gasteiger partial charge >= 0.3 is 0 Å². The molecule has 2 aliphatic carbocycles. The molecule has 0 heterocycles. The van der Waals surface area contributed by atoms with Crippen LogP contribution < -0.4 is 4.74 Å². The maximum atomic E-state index is 12.6. The molecule has 0 radical (unpaired) electrons. The Morgan fingerprint density at radius 2 is 1.90 bits per heavy atom. The lowest BCUT2D eigenvalue weighted by Gasteiger charge is -2.28. The van der Waals surface area contributed by atoms with Crippen LogP contribution in [-0.2, 0) is 0 Å². The maximum absolute atomic E-state index is 12.6. The van der Waals surface area contributed by atoms with Crippen LogP contribution in [0.5, 0.6) is 5.75 Å². The highest BCUT2D eigenvalue weighted by molar-refractivity contribution is 6.00. The third-order valence-corrected chi connectivity index (χ3v) is 4.43. The van der Waals surface area contributed by atoms with Crippen LogP contribution in [0, 0.1) is 5.92 Å². The molecule has 0 amide bonds. The zero-order valence-corrected chi connectivity index (χ0v) is 12.3. The average molecular weight is 273 g/mol. The molecule has 1 aromatic carbocycles. The zero-order valence-electron chi connectivity index (χ0n) is 12.3. The molecule has 20 heavy (non-hydrogen) atoms. The second kappa shape index (κ2) is 5.57. The fraction of sp³-hybridized carbons (Fsp3) is 0.588. The molecule has 0 aromatic heterocycles. The van der Waals surface area contributed by atoms with E-state index in [1.165, 1.54) is 25.7 Å². The summed E-state index contributed by atoms with van der Waals surface area (Å²) in [7, 11) is 1.64. The Morgan fingerprint density at radius 3 is 2.40 bits per heavy atom. The molecule has 0 saturated heterocycles. The minimum atomic E-state index is -0.00325. The van der Waals surface area contributed by atoms with E-state index in [4.69, 9.17) is 4.74 Å². The van der Waals surface area contributed by atoms with E-state index in [0.717, 1.165) is 23.8 Å². The number of hydrogen-bond acceptors (Lipinski definition) is 3. The number of rotatable bonds is 7. The van der Waals surface area contributed by atoms with Crippen LogP contribution in [-0.4, -0.2) is 36.4 Å². The van der Waals surface area contributed by atoms with Crippen molar-refractivity contribution in [1.29, 1.82) is 0 Å². The van der Waals surface area contributed by atoms with E-state index < -0.39 is 0 Å². The summed E-state index contributed by atoms with van der Waals surface area (Å²) in [6.45, 7) is 3.17. The Kier molecular flexibility index (Phi) is 3.79. The van der Waals surface area contributed by atoms with Gasteiger partial charge in [-0.2, -0.15) is 0 Å². The molecule has 2 saturated carbocycles. The number of ether oxygens (including phenoxy) is 1. The lowest BCUT2D eigenvalue weighted by Crippen LogP contribution is -2.41. The molecule has 1 aromatic rings. The van der Waals surface area contributed by atoms with Gasteiger partial charge in [0, 0.05) is 18.2 Å². The molecule has 3 rings (SSSR count). The predicted molar refractivity (Wildman–Crippen MR) is 79.2 cm³/mol. The van der Waals surface area contributed by atoms with Gasteiger partial charge in [0.05, 0.1) is 13.2 Å². The number of methoxy groups -OCH3 is 1. The molecular weight excluding hydrogens is 250 g/mol. The zero-order chi connectivity index (χ0) is 14.1. The summed E-state index contributed by atoms with van der Waals surface area (Å²) < 4.78 is 5.14. The molecule has 0 spiro atoms. The number of carbonyl (C=O) groups is 1. The van der Waals surface area contributed by atoms with Crippen molar-refractivity contribution >= 4 is 5.78 Å². The van der Waals surface area contributed by atoms with E-state index in [1.54, 1.807) is 7.11 Å². The number of carbonyl (C=O) groups excluding carboxylic acids is 1. The summed E-state index contributed by atoms with van der Waals surface area (Å²) in [5.41, 5.74) is 0.791. The van der Waals surface area contributed by atoms with Crippen molar-refractivity contribution in [1.82, 2.24) is 4.90 Å². The monoisotopic (exact) mass is 273 g/mol. The topological polar surface area (TPSA) is 29.5 Å². The molecule has 2 fully saturated rings. The molecular formula is C17H23NO2. The van der Waals surface area contributed by atoms with Crippen molar-refractivity contribution in [2.24, 2.45) is 5.92 Å². The van der Waals surface area contributed by atoms with Crippen molar-refractivity contribution in [3.8, 4) is 5.75 Å². The highest BCUT2D eigenvalue weighted by Crippen LogP contribution is 2.36. The van der Waals surface area contributed by atoms with Gasteiger partial charge in [-0.15, -0.1) is 0 Å². The third-order valence-electron chi connectivity index (χ3n) is 4.43. The molecule has 1 atom stereocenters. The molecule has 0 aliphatic heterocycles.